The Balaban J connectivity index is 1.75. The predicted octanol–water partition coefficient (Wildman–Crippen LogP) is 4.19. The van der Waals surface area contributed by atoms with Crippen LogP contribution >= 0.6 is 11.3 Å². The lowest BCUT2D eigenvalue weighted by atomic mass is 9.87. The lowest BCUT2D eigenvalue weighted by Gasteiger charge is -2.38. The van der Waals surface area contributed by atoms with Gasteiger partial charge < -0.3 is 14.4 Å². The Bertz CT molecular complexity index is 1020. The fraction of sp³-hybridized carbons (Fsp3) is 0.304. The Morgan fingerprint density at radius 2 is 1.90 bits per heavy atom. The first-order valence-corrected chi connectivity index (χ1v) is 10.5. The second-order valence-corrected chi connectivity index (χ2v) is 8.15. The molecule has 1 aliphatic heterocycles. The summed E-state index contributed by atoms with van der Waals surface area (Å²) in [6.45, 7) is 2.62. The average molecular weight is 409 g/mol. The van der Waals surface area contributed by atoms with E-state index in [1.807, 2.05) is 47.5 Å². The Morgan fingerprint density at radius 3 is 2.55 bits per heavy atom. The molecular weight excluding hydrogens is 384 g/mol. The summed E-state index contributed by atoms with van der Waals surface area (Å²) in [7, 11) is 3.28. The van der Waals surface area contributed by atoms with Gasteiger partial charge in [-0.3, -0.25) is 4.79 Å². The summed E-state index contributed by atoms with van der Waals surface area (Å²) in [6, 6.07) is 14.0. The molecule has 6 heteroatoms. The molecule has 0 saturated carbocycles. The highest BCUT2D eigenvalue weighted by Crippen LogP contribution is 2.41. The van der Waals surface area contributed by atoms with Crippen LogP contribution in [0.3, 0.4) is 0 Å². The van der Waals surface area contributed by atoms with E-state index in [2.05, 4.69) is 17.1 Å². The molecule has 0 radical (unpaired) electrons. The summed E-state index contributed by atoms with van der Waals surface area (Å²) in [5.41, 5.74) is 4.19. The van der Waals surface area contributed by atoms with E-state index in [0.29, 0.717) is 18.7 Å². The van der Waals surface area contributed by atoms with Gasteiger partial charge >= 0.3 is 0 Å². The molecule has 2 aromatic carbocycles. The summed E-state index contributed by atoms with van der Waals surface area (Å²) in [4.78, 5) is 19.7. The number of hydrogen-bond donors (Lipinski definition) is 0. The number of rotatable bonds is 5. The Morgan fingerprint density at radius 1 is 1.17 bits per heavy atom. The van der Waals surface area contributed by atoms with Crippen molar-refractivity contribution in [1.29, 1.82) is 0 Å². The molecule has 29 heavy (non-hydrogen) atoms. The van der Waals surface area contributed by atoms with E-state index < -0.39 is 0 Å². The van der Waals surface area contributed by atoms with Gasteiger partial charge in [-0.2, -0.15) is 0 Å². The fourth-order valence-electron chi connectivity index (χ4n) is 3.96. The summed E-state index contributed by atoms with van der Waals surface area (Å²) >= 11 is 1.58. The number of hydrogen-bond acceptors (Lipinski definition) is 5. The van der Waals surface area contributed by atoms with Gasteiger partial charge in [0.25, 0.3) is 0 Å². The van der Waals surface area contributed by atoms with Crippen molar-refractivity contribution in [1.82, 2.24) is 9.88 Å². The van der Waals surface area contributed by atoms with Gasteiger partial charge in [0, 0.05) is 11.9 Å². The average Bonchev–Trinajstić information content (AvgIpc) is 3.16. The first-order chi connectivity index (χ1) is 14.1. The van der Waals surface area contributed by atoms with E-state index in [1.165, 1.54) is 5.56 Å². The largest absolute Gasteiger partial charge is 0.493 e. The number of ether oxygens (including phenoxy) is 2. The van der Waals surface area contributed by atoms with Gasteiger partial charge in [0.2, 0.25) is 5.91 Å². The normalized spacial score (nSPS) is 15.7. The first kappa shape index (κ1) is 19.5. The highest BCUT2D eigenvalue weighted by molar-refractivity contribution is 7.09. The summed E-state index contributed by atoms with van der Waals surface area (Å²) in [6.07, 6.45) is 1.09. The molecule has 2 heterocycles. The molecule has 0 aliphatic carbocycles. The van der Waals surface area contributed by atoms with Crippen LogP contribution in [-0.2, 0) is 17.6 Å². The van der Waals surface area contributed by atoms with E-state index in [-0.39, 0.29) is 11.9 Å². The summed E-state index contributed by atoms with van der Waals surface area (Å²) < 4.78 is 11.0. The zero-order valence-corrected chi connectivity index (χ0v) is 17.7. The molecule has 1 unspecified atom stereocenters. The van der Waals surface area contributed by atoms with Crippen molar-refractivity contribution in [3.05, 3.63) is 75.2 Å². The van der Waals surface area contributed by atoms with E-state index in [4.69, 9.17) is 9.47 Å². The summed E-state index contributed by atoms with van der Waals surface area (Å²) in [5.74, 6) is 1.48. The molecule has 0 spiro atoms. The molecule has 0 saturated heterocycles. The van der Waals surface area contributed by atoms with Gasteiger partial charge in [0.1, 0.15) is 0 Å². The van der Waals surface area contributed by atoms with Gasteiger partial charge in [0.05, 0.1) is 37.4 Å². The van der Waals surface area contributed by atoms with Crippen LogP contribution in [0.15, 0.2) is 47.8 Å². The number of aromatic nitrogens is 1. The molecule has 0 fully saturated rings. The number of amides is 1. The molecule has 1 aliphatic rings. The van der Waals surface area contributed by atoms with E-state index >= 15 is 0 Å². The molecule has 0 N–H and O–H groups in total. The standard InChI is InChI=1S/C23H24N2O3S/c1-15-24-18(14-29-15)12-22(26)25-10-9-17-11-20(27-2)21(28-3)13-19(17)23(25)16-7-5-4-6-8-16/h4-8,11,13-14,23H,9-10,12H2,1-3H3. The van der Waals surface area contributed by atoms with Crippen molar-refractivity contribution in [2.75, 3.05) is 20.8 Å². The molecule has 1 atom stereocenters. The Hall–Kier alpha value is -2.86. The van der Waals surface area contributed by atoms with Gasteiger partial charge in [-0.05, 0) is 42.2 Å². The monoisotopic (exact) mass is 408 g/mol. The van der Waals surface area contributed by atoms with Crippen LogP contribution in [0, 0.1) is 6.92 Å². The second-order valence-electron chi connectivity index (χ2n) is 7.09. The van der Waals surface area contributed by atoms with E-state index in [0.717, 1.165) is 34.0 Å². The van der Waals surface area contributed by atoms with Crippen LogP contribution in [0.2, 0.25) is 0 Å². The molecule has 1 aromatic heterocycles. The number of carbonyl (C=O) groups excluding carboxylic acids is 1. The highest BCUT2D eigenvalue weighted by Gasteiger charge is 2.33. The van der Waals surface area contributed by atoms with Crippen LogP contribution in [0.1, 0.15) is 33.4 Å². The molecule has 1 amide bonds. The minimum Gasteiger partial charge on any atom is -0.493 e. The van der Waals surface area contributed by atoms with Crippen molar-refractivity contribution < 1.29 is 14.3 Å². The second kappa shape index (κ2) is 8.25. The fourth-order valence-corrected chi connectivity index (χ4v) is 4.57. The third-order valence-corrected chi connectivity index (χ3v) is 6.13. The smallest absolute Gasteiger partial charge is 0.229 e. The van der Waals surface area contributed by atoms with Crippen LogP contribution in [0.4, 0.5) is 0 Å². The minimum absolute atomic E-state index is 0.0876. The van der Waals surface area contributed by atoms with Crippen molar-refractivity contribution in [2.24, 2.45) is 0 Å². The van der Waals surface area contributed by atoms with Crippen molar-refractivity contribution in [2.45, 2.75) is 25.8 Å². The third kappa shape index (κ3) is 3.85. The van der Waals surface area contributed by atoms with Crippen LogP contribution in [0.25, 0.3) is 0 Å². The Kier molecular flexibility index (Phi) is 5.53. The van der Waals surface area contributed by atoms with Crippen molar-refractivity contribution in [3.8, 4) is 11.5 Å². The Labute approximate surface area is 174 Å². The lowest BCUT2D eigenvalue weighted by molar-refractivity contribution is -0.132. The summed E-state index contributed by atoms with van der Waals surface area (Å²) in [5, 5.41) is 2.95. The van der Waals surface area contributed by atoms with Gasteiger partial charge in [-0.1, -0.05) is 30.3 Å². The molecule has 150 valence electrons. The molecule has 4 rings (SSSR count). The quantitative estimate of drug-likeness (QED) is 0.635. The number of nitrogens with zero attached hydrogens (tertiary/aromatic N) is 2. The molecule has 5 nitrogen and oxygen atoms in total. The van der Waals surface area contributed by atoms with Gasteiger partial charge in [0.15, 0.2) is 11.5 Å². The number of thiazole rings is 1. The maximum Gasteiger partial charge on any atom is 0.229 e. The minimum atomic E-state index is -0.160. The third-order valence-electron chi connectivity index (χ3n) is 5.31. The maximum atomic E-state index is 13.3. The van der Waals surface area contributed by atoms with Gasteiger partial charge in [-0.25, -0.2) is 4.98 Å². The van der Waals surface area contributed by atoms with Crippen LogP contribution in [0.5, 0.6) is 11.5 Å². The lowest BCUT2D eigenvalue weighted by Crippen LogP contribution is -2.41. The SMILES string of the molecule is COc1cc2c(cc1OC)C(c1ccccc1)N(C(=O)Cc1csc(C)n1)CC2. The molecule has 0 bridgehead atoms. The predicted molar refractivity (Wildman–Crippen MR) is 114 cm³/mol. The van der Waals surface area contributed by atoms with E-state index in [1.54, 1.807) is 25.6 Å². The van der Waals surface area contributed by atoms with Crippen LogP contribution in [-0.4, -0.2) is 36.6 Å². The number of fused-ring (bicyclic) bond motifs is 1. The highest BCUT2D eigenvalue weighted by atomic mass is 32.1. The van der Waals surface area contributed by atoms with Crippen molar-refractivity contribution >= 4 is 17.2 Å². The van der Waals surface area contributed by atoms with Crippen molar-refractivity contribution in [3.63, 3.8) is 0 Å². The number of aryl methyl sites for hydroxylation is 1. The zero-order valence-electron chi connectivity index (χ0n) is 16.8. The molecule has 3 aromatic rings. The first-order valence-electron chi connectivity index (χ1n) is 9.61. The number of benzene rings is 2. The topological polar surface area (TPSA) is 51.7 Å². The number of carbonyl (C=O) groups is 1. The van der Waals surface area contributed by atoms with Gasteiger partial charge in [-0.15, -0.1) is 11.3 Å². The van der Waals surface area contributed by atoms with E-state index in [9.17, 15) is 4.79 Å². The zero-order chi connectivity index (χ0) is 20.4. The number of methoxy groups -OCH3 is 2. The maximum absolute atomic E-state index is 13.3. The molecular formula is C23H24N2O3S. The van der Waals surface area contributed by atoms with Crippen LogP contribution < -0.4 is 9.47 Å².